The maximum atomic E-state index is 12.2. The Morgan fingerprint density at radius 2 is 1.95 bits per heavy atom. The number of ether oxygens (including phenoxy) is 1. The molecule has 21 heavy (non-hydrogen) atoms. The van der Waals surface area contributed by atoms with Gasteiger partial charge in [0.15, 0.2) is 5.01 Å². The minimum Gasteiger partial charge on any atom is -0.494 e. The molecule has 0 aliphatic rings. The van der Waals surface area contributed by atoms with E-state index in [1.807, 2.05) is 55.5 Å². The first kappa shape index (κ1) is 13.6. The fourth-order valence-electron chi connectivity index (χ4n) is 1.96. The zero-order valence-corrected chi connectivity index (χ0v) is 12.3. The summed E-state index contributed by atoms with van der Waals surface area (Å²) >= 11 is 1.39. The number of aromatic nitrogens is 1. The van der Waals surface area contributed by atoms with E-state index in [0.29, 0.717) is 11.6 Å². The number of para-hydroxylation sites is 1. The van der Waals surface area contributed by atoms with Crippen molar-refractivity contribution in [1.82, 2.24) is 4.98 Å². The molecule has 1 heterocycles. The molecule has 0 saturated carbocycles. The molecular formula is C16H14N2O2S. The van der Waals surface area contributed by atoms with Crippen LogP contribution in [0, 0.1) is 0 Å². The van der Waals surface area contributed by atoms with Crippen molar-refractivity contribution in [2.24, 2.45) is 0 Å². The van der Waals surface area contributed by atoms with E-state index in [2.05, 4.69) is 10.3 Å². The second-order valence-electron chi connectivity index (χ2n) is 4.40. The van der Waals surface area contributed by atoms with Crippen LogP contribution in [0.25, 0.3) is 10.2 Å². The largest absolute Gasteiger partial charge is 0.494 e. The molecule has 3 rings (SSSR count). The molecule has 0 radical (unpaired) electrons. The topological polar surface area (TPSA) is 51.2 Å². The van der Waals surface area contributed by atoms with Gasteiger partial charge in [0.25, 0.3) is 5.91 Å². The maximum Gasteiger partial charge on any atom is 0.284 e. The van der Waals surface area contributed by atoms with Gasteiger partial charge in [-0.3, -0.25) is 4.79 Å². The van der Waals surface area contributed by atoms with Crippen LogP contribution in [0.2, 0.25) is 0 Å². The molecule has 0 aliphatic heterocycles. The van der Waals surface area contributed by atoms with Crippen molar-refractivity contribution in [1.29, 1.82) is 0 Å². The van der Waals surface area contributed by atoms with Gasteiger partial charge < -0.3 is 10.1 Å². The summed E-state index contributed by atoms with van der Waals surface area (Å²) in [5.41, 5.74) is 1.57. The molecular weight excluding hydrogens is 284 g/mol. The van der Waals surface area contributed by atoms with E-state index < -0.39 is 0 Å². The predicted molar refractivity (Wildman–Crippen MR) is 85.2 cm³/mol. The summed E-state index contributed by atoms with van der Waals surface area (Å²) in [5, 5.41) is 3.30. The van der Waals surface area contributed by atoms with E-state index >= 15 is 0 Å². The van der Waals surface area contributed by atoms with Gasteiger partial charge in [-0.25, -0.2) is 4.98 Å². The molecule has 1 N–H and O–H groups in total. The number of rotatable bonds is 4. The number of nitrogens with one attached hydrogen (secondary N) is 1. The van der Waals surface area contributed by atoms with Crippen LogP contribution >= 0.6 is 11.3 Å². The van der Waals surface area contributed by atoms with Gasteiger partial charge in [0.2, 0.25) is 0 Å². The molecule has 0 atom stereocenters. The summed E-state index contributed by atoms with van der Waals surface area (Å²) in [7, 11) is 0. The van der Waals surface area contributed by atoms with Gasteiger partial charge in [-0.15, -0.1) is 11.3 Å². The number of hydrogen-bond donors (Lipinski definition) is 1. The molecule has 4 nitrogen and oxygen atoms in total. The number of hydrogen-bond acceptors (Lipinski definition) is 4. The molecule has 5 heteroatoms. The number of thiazole rings is 1. The highest BCUT2D eigenvalue weighted by atomic mass is 32.1. The molecule has 0 spiro atoms. The van der Waals surface area contributed by atoms with Gasteiger partial charge in [-0.05, 0) is 43.3 Å². The van der Waals surface area contributed by atoms with Gasteiger partial charge >= 0.3 is 0 Å². The van der Waals surface area contributed by atoms with Crippen molar-refractivity contribution < 1.29 is 9.53 Å². The fraction of sp³-hybridized carbons (Fsp3) is 0.125. The van der Waals surface area contributed by atoms with E-state index in [1.54, 1.807) is 0 Å². The van der Waals surface area contributed by atoms with Gasteiger partial charge in [0.05, 0.1) is 16.8 Å². The van der Waals surface area contributed by atoms with Crippen molar-refractivity contribution in [2.45, 2.75) is 6.92 Å². The molecule has 0 unspecified atom stereocenters. The maximum absolute atomic E-state index is 12.2. The highest BCUT2D eigenvalue weighted by Crippen LogP contribution is 2.23. The fourth-order valence-corrected chi connectivity index (χ4v) is 2.82. The second-order valence-corrected chi connectivity index (χ2v) is 5.43. The van der Waals surface area contributed by atoms with Crippen molar-refractivity contribution in [3.05, 3.63) is 53.5 Å². The number of nitrogens with zero attached hydrogens (tertiary/aromatic N) is 1. The lowest BCUT2D eigenvalue weighted by molar-refractivity contribution is 0.102. The SMILES string of the molecule is CCOc1ccc(NC(=O)c2nc3ccccc3s2)cc1. The molecule has 3 aromatic rings. The Morgan fingerprint density at radius 1 is 1.19 bits per heavy atom. The van der Waals surface area contributed by atoms with E-state index in [0.717, 1.165) is 21.7 Å². The van der Waals surface area contributed by atoms with Crippen LogP contribution in [0.3, 0.4) is 0 Å². The minimum absolute atomic E-state index is 0.194. The third kappa shape index (κ3) is 3.03. The summed E-state index contributed by atoms with van der Waals surface area (Å²) in [6.07, 6.45) is 0. The standard InChI is InChI=1S/C16H14N2O2S/c1-2-20-12-9-7-11(8-10-12)17-15(19)16-18-13-5-3-4-6-14(13)21-16/h3-10H,2H2,1H3,(H,17,19). The third-order valence-electron chi connectivity index (χ3n) is 2.91. The molecule has 1 aromatic heterocycles. The van der Waals surface area contributed by atoms with E-state index in [1.165, 1.54) is 11.3 Å². The second kappa shape index (κ2) is 5.93. The molecule has 2 aromatic carbocycles. The Labute approximate surface area is 126 Å². The molecule has 0 saturated heterocycles. The Hall–Kier alpha value is -2.40. The van der Waals surface area contributed by atoms with Gasteiger partial charge in [-0.2, -0.15) is 0 Å². The van der Waals surface area contributed by atoms with Crippen LogP contribution < -0.4 is 10.1 Å². The number of amides is 1. The van der Waals surface area contributed by atoms with Crippen LogP contribution in [0.5, 0.6) is 5.75 Å². The molecule has 0 aliphatic carbocycles. The Balaban J connectivity index is 1.76. The first-order valence-corrected chi connectivity index (χ1v) is 7.47. The van der Waals surface area contributed by atoms with Crippen LogP contribution in [0.1, 0.15) is 16.7 Å². The van der Waals surface area contributed by atoms with E-state index in [-0.39, 0.29) is 5.91 Å². The first-order valence-electron chi connectivity index (χ1n) is 6.66. The van der Waals surface area contributed by atoms with Gasteiger partial charge in [-0.1, -0.05) is 12.1 Å². The highest BCUT2D eigenvalue weighted by molar-refractivity contribution is 7.20. The summed E-state index contributed by atoms with van der Waals surface area (Å²) < 4.78 is 6.38. The van der Waals surface area contributed by atoms with Crippen molar-refractivity contribution in [3.63, 3.8) is 0 Å². The molecule has 1 amide bonds. The summed E-state index contributed by atoms with van der Waals surface area (Å²) in [5.74, 6) is 0.593. The summed E-state index contributed by atoms with van der Waals surface area (Å²) in [4.78, 5) is 16.5. The average Bonchev–Trinajstić information content (AvgIpc) is 2.94. The average molecular weight is 298 g/mol. The number of fused-ring (bicyclic) bond motifs is 1. The monoisotopic (exact) mass is 298 g/mol. The first-order chi connectivity index (χ1) is 10.3. The zero-order valence-electron chi connectivity index (χ0n) is 11.5. The molecule has 0 fully saturated rings. The Bertz CT molecular complexity index is 732. The van der Waals surface area contributed by atoms with Gasteiger partial charge in [0, 0.05) is 5.69 Å². The van der Waals surface area contributed by atoms with Crippen LogP contribution in [-0.2, 0) is 0 Å². The number of anilines is 1. The lowest BCUT2D eigenvalue weighted by Crippen LogP contribution is -2.11. The number of benzene rings is 2. The van der Waals surface area contributed by atoms with Crippen molar-refractivity contribution in [3.8, 4) is 5.75 Å². The highest BCUT2D eigenvalue weighted by Gasteiger charge is 2.12. The molecule has 106 valence electrons. The van der Waals surface area contributed by atoms with Gasteiger partial charge in [0.1, 0.15) is 5.75 Å². The van der Waals surface area contributed by atoms with Crippen LogP contribution in [0.4, 0.5) is 5.69 Å². The summed E-state index contributed by atoms with van der Waals surface area (Å²) in [6.45, 7) is 2.56. The predicted octanol–water partition coefficient (Wildman–Crippen LogP) is 3.95. The minimum atomic E-state index is -0.194. The Kier molecular flexibility index (Phi) is 3.83. The smallest absolute Gasteiger partial charge is 0.284 e. The third-order valence-corrected chi connectivity index (χ3v) is 3.95. The van der Waals surface area contributed by atoms with Crippen LogP contribution in [-0.4, -0.2) is 17.5 Å². The van der Waals surface area contributed by atoms with Crippen molar-refractivity contribution >= 4 is 33.1 Å². The van der Waals surface area contributed by atoms with Crippen LogP contribution in [0.15, 0.2) is 48.5 Å². The zero-order chi connectivity index (χ0) is 14.7. The van der Waals surface area contributed by atoms with Crippen molar-refractivity contribution in [2.75, 3.05) is 11.9 Å². The Morgan fingerprint density at radius 3 is 2.67 bits per heavy atom. The quantitative estimate of drug-likeness (QED) is 0.793. The number of carbonyl (C=O) groups excluding carboxylic acids is 1. The number of carbonyl (C=O) groups is 1. The van der Waals surface area contributed by atoms with E-state index in [9.17, 15) is 4.79 Å². The molecule has 0 bridgehead atoms. The van der Waals surface area contributed by atoms with E-state index in [4.69, 9.17) is 4.74 Å². The summed E-state index contributed by atoms with van der Waals surface area (Å²) in [6, 6.07) is 15.0. The normalized spacial score (nSPS) is 10.5. The lowest BCUT2D eigenvalue weighted by Gasteiger charge is -2.05. The lowest BCUT2D eigenvalue weighted by atomic mass is 10.3.